The third kappa shape index (κ3) is 3.45. The maximum atomic E-state index is 12.5. The highest BCUT2D eigenvalue weighted by molar-refractivity contribution is 7.15. The van der Waals surface area contributed by atoms with Gasteiger partial charge in [-0.1, -0.05) is 30.2 Å². The molecule has 1 amide bonds. The molecule has 0 aliphatic heterocycles. The number of carbonyl (C=O) groups is 1. The number of aryl methyl sites for hydroxylation is 2. The van der Waals surface area contributed by atoms with E-state index in [1.54, 1.807) is 34.3 Å². The molecule has 0 saturated carbocycles. The fraction of sp³-hybridized carbons (Fsp3) is 0.278. The standard InChI is InChI=1S/C18H17ClN4OS/c19-12-6-4-5-8-15(12)23-11-10-14(22-23)17(24)21-18-20-13-7-2-1-3-9-16(13)25-18/h4-6,8,10-11H,1-3,7,9H2,(H,20,21,24). The molecule has 3 aromatic rings. The summed E-state index contributed by atoms with van der Waals surface area (Å²) in [6.45, 7) is 0. The summed E-state index contributed by atoms with van der Waals surface area (Å²) in [6.07, 6.45) is 7.42. The molecular weight excluding hydrogens is 356 g/mol. The summed E-state index contributed by atoms with van der Waals surface area (Å²) in [5.41, 5.74) is 2.22. The largest absolute Gasteiger partial charge is 0.296 e. The van der Waals surface area contributed by atoms with Gasteiger partial charge in [-0.2, -0.15) is 5.10 Å². The van der Waals surface area contributed by atoms with Gasteiger partial charge in [-0.05, 0) is 43.9 Å². The van der Waals surface area contributed by atoms with E-state index in [0.29, 0.717) is 15.8 Å². The third-order valence-electron chi connectivity index (χ3n) is 4.24. The van der Waals surface area contributed by atoms with E-state index in [1.807, 2.05) is 18.2 Å². The van der Waals surface area contributed by atoms with Crippen LogP contribution in [0.4, 0.5) is 5.13 Å². The van der Waals surface area contributed by atoms with Crippen LogP contribution in [-0.4, -0.2) is 20.7 Å². The maximum Gasteiger partial charge on any atom is 0.277 e. The van der Waals surface area contributed by atoms with Crippen LogP contribution in [0.25, 0.3) is 5.69 Å². The van der Waals surface area contributed by atoms with Crippen LogP contribution in [0.5, 0.6) is 0 Å². The summed E-state index contributed by atoms with van der Waals surface area (Å²) < 4.78 is 1.61. The Morgan fingerprint density at radius 2 is 2.00 bits per heavy atom. The molecule has 7 heteroatoms. The Balaban J connectivity index is 1.51. The molecule has 1 N–H and O–H groups in total. The first-order chi connectivity index (χ1) is 12.2. The van der Waals surface area contributed by atoms with Gasteiger partial charge in [0.05, 0.1) is 16.4 Å². The molecule has 0 fully saturated rings. The van der Waals surface area contributed by atoms with Crippen molar-refractivity contribution in [1.82, 2.24) is 14.8 Å². The highest BCUT2D eigenvalue weighted by Crippen LogP contribution is 2.29. The van der Waals surface area contributed by atoms with Gasteiger partial charge < -0.3 is 0 Å². The van der Waals surface area contributed by atoms with E-state index in [2.05, 4.69) is 15.4 Å². The van der Waals surface area contributed by atoms with Gasteiger partial charge >= 0.3 is 0 Å². The second kappa shape index (κ2) is 6.98. The SMILES string of the molecule is O=C(Nc1nc2c(s1)CCCCC2)c1ccn(-c2ccccc2Cl)n1. The number of hydrogen-bond donors (Lipinski definition) is 1. The maximum absolute atomic E-state index is 12.5. The predicted octanol–water partition coefficient (Wildman–Crippen LogP) is 4.50. The smallest absolute Gasteiger partial charge is 0.277 e. The Kier molecular flexibility index (Phi) is 4.55. The molecule has 128 valence electrons. The van der Waals surface area contributed by atoms with Gasteiger partial charge in [0.2, 0.25) is 0 Å². The van der Waals surface area contributed by atoms with Gasteiger partial charge in [-0.3, -0.25) is 10.1 Å². The molecule has 1 aliphatic carbocycles. The van der Waals surface area contributed by atoms with Crippen LogP contribution in [0.15, 0.2) is 36.5 Å². The van der Waals surface area contributed by atoms with Crippen LogP contribution in [0.3, 0.4) is 0 Å². The van der Waals surface area contributed by atoms with E-state index in [-0.39, 0.29) is 5.91 Å². The average molecular weight is 373 g/mol. The van der Waals surface area contributed by atoms with Crippen molar-refractivity contribution in [3.05, 3.63) is 57.8 Å². The average Bonchev–Trinajstić information content (AvgIpc) is 3.18. The number of nitrogens with one attached hydrogen (secondary N) is 1. The van der Waals surface area contributed by atoms with Crippen molar-refractivity contribution in [2.24, 2.45) is 0 Å². The molecule has 2 heterocycles. The molecular formula is C18H17ClN4OS. The summed E-state index contributed by atoms with van der Waals surface area (Å²) in [5.74, 6) is -0.255. The lowest BCUT2D eigenvalue weighted by molar-refractivity contribution is 0.102. The van der Waals surface area contributed by atoms with Gasteiger partial charge in [-0.25, -0.2) is 9.67 Å². The number of benzene rings is 1. The normalized spacial score (nSPS) is 14.0. The van der Waals surface area contributed by atoms with E-state index in [1.165, 1.54) is 24.1 Å². The molecule has 0 bridgehead atoms. The van der Waals surface area contributed by atoms with Crippen molar-refractivity contribution < 1.29 is 4.79 Å². The number of thiazole rings is 1. The van der Waals surface area contributed by atoms with Crippen molar-refractivity contribution in [3.8, 4) is 5.69 Å². The van der Waals surface area contributed by atoms with Crippen LogP contribution < -0.4 is 5.32 Å². The number of fused-ring (bicyclic) bond motifs is 1. The van der Waals surface area contributed by atoms with E-state index in [4.69, 9.17) is 11.6 Å². The number of nitrogens with zero attached hydrogens (tertiary/aromatic N) is 3. The molecule has 0 saturated heterocycles. The molecule has 0 spiro atoms. The molecule has 5 nitrogen and oxygen atoms in total. The fourth-order valence-corrected chi connectivity index (χ4v) is 4.23. The van der Waals surface area contributed by atoms with Crippen molar-refractivity contribution in [3.63, 3.8) is 0 Å². The zero-order chi connectivity index (χ0) is 17.2. The van der Waals surface area contributed by atoms with Gasteiger partial charge in [-0.15, -0.1) is 11.3 Å². The Hall–Kier alpha value is -2.18. The summed E-state index contributed by atoms with van der Waals surface area (Å²) in [4.78, 5) is 18.4. The third-order valence-corrected chi connectivity index (χ3v) is 5.63. The molecule has 1 aliphatic rings. The number of hydrogen-bond acceptors (Lipinski definition) is 4. The topological polar surface area (TPSA) is 59.8 Å². The first-order valence-electron chi connectivity index (χ1n) is 8.31. The number of aromatic nitrogens is 3. The lowest BCUT2D eigenvalue weighted by Crippen LogP contribution is -2.13. The van der Waals surface area contributed by atoms with E-state index >= 15 is 0 Å². The molecule has 0 unspecified atom stereocenters. The minimum Gasteiger partial charge on any atom is -0.296 e. The zero-order valence-corrected chi connectivity index (χ0v) is 15.1. The molecule has 4 rings (SSSR count). The van der Waals surface area contributed by atoms with Crippen molar-refractivity contribution in [1.29, 1.82) is 0 Å². The Labute approximate surface area is 154 Å². The highest BCUT2D eigenvalue weighted by Gasteiger charge is 2.17. The van der Waals surface area contributed by atoms with E-state index in [9.17, 15) is 4.79 Å². The summed E-state index contributed by atoms with van der Waals surface area (Å²) >= 11 is 7.76. The van der Waals surface area contributed by atoms with E-state index < -0.39 is 0 Å². The number of para-hydroxylation sites is 1. The minimum atomic E-state index is -0.255. The Bertz CT molecular complexity index is 894. The van der Waals surface area contributed by atoms with Crippen LogP contribution in [0, 0.1) is 0 Å². The minimum absolute atomic E-state index is 0.255. The zero-order valence-electron chi connectivity index (χ0n) is 13.5. The lowest BCUT2D eigenvalue weighted by atomic mass is 10.2. The first-order valence-corrected chi connectivity index (χ1v) is 9.50. The molecule has 1 aromatic carbocycles. The summed E-state index contributed by atoms with van der Waals surface area (Å²) in [5, 5.41) is 8.45. The number of carbonyl (C=O) groups excluding carboxylic acids is 1. The molecule has 0 atom stereocenters. The fourth-order valence-electron chi connectivity index (χ4n) is 2.96. The molecule has 25 heavy (non-hydrogen) atoms. The first kappa shape index (κ1) is 16.3. The van der Waals surface area contributed by atoms with Crippen LogP contribution in [0.1, 0.15) is 40.3 Å². The monoisotopic (exact) mass is 372 g/mol. The summed E-state index contributed by atoms with van der Waals surface area (Å²) in [7, 11) is 0. The van der Waals surface area contributed by atoms with Gasteiger partial charge in [0.25, 0.3) is 5.91 Å². The van der Waals surface area contributed by atoms with Crippen LogP contribution >= 0.6 is 22.9 Å². The number of anilines is 1. The number of amides is 1. The predicted molar refractivity (Wildman–Crippen MR) is 99.9 cm³/mol. The molecule has 0 radical (unpaired) electrons. The van der Waals surface area contributed by atoms with Gasteiger partial charge in [0.15, 0.2) is 10.8 Å². The van der Waals surface area contributed by atoms with Gasteiger partial charge in [0.1, 0.15) is 0 Å². The Morgan fingerprint density at radius 3 is 2.88 bits per heavy atom. The Morgan fingerprint density at radius 1 is 1.16 bits per heavy atom. The van der Waals surface area contributed by atoms with Gasteiger partial charge in [0, 0.05) is 11.1 Å². The number of halogens is 1. The lowest BCUT2D eigenvalue weighted by Gasteiger charge is -2.03. The van der Waals surface area contributed by atoms with Crippen molar-refractivity contribution >= 4 is 34.0 Å². The second-order valence-corrected chi connectivity index (χ2v) is 7.49. The summed E-state index contributed by atoms with van der Waals surface area (Å²) in [6, 6.07) is 9.06. The molecule has 2 aromatic heterocycles. The van der Waals surface area contributed by atoms with Crippen LogP contribution in [0.2, 0.25) is 5.02 Å². The van der Waals surface area contributed by atoms with Crippen molar-refractivity contribution in [2.45, 2.75) is 32.1 Å². The second-order valence-electron chi connectivity index (χ2n) is 6.00. The van der Waals surface area contributed by atoms with Crippen LogP contribution in [-0.2, 0) is 12.8 Å². The van der Waals surface area contributed by atoms with Crippen molar-refractivity contribution in [2.75, 3.05) is 5.32 Å². The number of rotatable bonds is 3. The highest BCUT2D eigenvalue weighted by atomic mass is 35.5. The quantitative estimate of drug-likeness (QED) is 0.688. The van der Waals surface area contributed by atoms with E-state index in [0.717, 1.165) is 24.2 Å².